The number of benzene rings is 3. The molecular formula is C26H25ClN4O2. The van der Waals surface area contributed by atoms with E-state index in [-0.39, 0.29) is 5.91 Å². The van der Waals surface area contributed by atoms with Crippen LogP contribution in [-0.2, 0) is 0 Å². The van der Waals surface area contributed by atoms with Crippen LogP contribution < -0.4 is 20.7 Å². The van der Waals surface area contributed by atoms with Crippen LogP contribution in [0.1, 0.15) is 23.3 Å². The van der Waals surface area contributed by atoms with Crippen molar-refractivity contribution in [2.24, 2.45) is 0 Å². The van der Waals surface area contributed by atoms with Gasteiger partial charge in [-0.05, 0) is 61.9 Å². The SMILES string of the molecule is O=C(Nc1cccc(Oc2ccccc2)c1)c1cc2cc(Cl)cc(NCC3CCCN3)c2[nH]1. The summed E-state index contributed by atoms with van der Waals surface area (Å²) in [5.41, 5.74) is 2.87. The number of amides is 1. The summed E-state index contributed by atoms with van der Waals surface area (Å²) in [5, 5.41) is 11.4. The van der Waals surface area contributed by atoms with Crippen molar-refractivity contribution in [3.8, 4) is 11.5 Å². The molecule has 3 aromatic carbocycles. The van der Waals surface area contributed by atoms with Crippen molar-refractivity contribution in [2.45, 2.75) is 18.9 Å². The standard InChI is InChI=1S/C26H25ClN4O2/c27-18-12-17-13-24(31-25(17)23(14-18)29-16-20-7-5-11-28-20)26(32)30-19-6-4-10-22(15-19)33-21-8-2-1-3-9-21/h1-4,6,8-10,12-15,20,28-29,31H,5,7,11,16H2,(H,30,32). The molecule has 168 valence electrons. The Morgan fingerprint density at radius 2 is 1.88 bits per heavy atom. The second-order valence-electron chi connectivity index (χ2n) is 8.17. The Morgan fingerprint density at radius 1 is 1.03 bits per heavy atom. The lowest BCUT2D eigenvalue weighted by Gasteiger charge is -2.13. The minimum atomic E-state index is -0.234. The molecule has 0 bridgehead atoms. The number of hydrogen-bond acceptors (Lipinski definition) is 4. The van der Waals surface area contributed by atoms with Gasteiger partial charge < -0.3 is 25.7 Å². The Bertz CT molecular complexity index is 1270. The molecule has 4 aromatic rings. The second-order valence-corrected chi connectivity index (χ2v) is 8.61. The van der Waals surface area contributed by atoms with Gasteiger partial charge in [-0.3, -0.25) is 4.79 Å². The first-order valence-corrected chi connectivity index (χ1v) is 11.5. The van der Waals surface area contributed by atoms with Gasteiger partial charge in [0.05, 0.1) is 11.2 Å². The van der Waals surface area contributed by atoms with E-state index < -0.39 is 0 Å². The smallest absolute Gasteiger partial charge is 0.272 e. The average molecular weight is 461 g/mol. The summed E-state index contributed by atoms with van der Waals surface area (Å²) >= 11 is 6.34. The van der Waals surface area contributed by atoms with Crippen LogP contribution in [0, 0.1) is 0 Å². The summed E-state index contributed by atoms with van der Waals surface area (Å²) in [7, 11) is 0. The Labute approximate surface area is 197 Å². The van der Waals surface area contributed by atoms with Gasteiger partial charge in [-0.25, -0.2) is 0 Å². The normalized spacial score (nSPS) is 15.5. The predicted molar refractivity (Wildman–Crippen MR) is 134 cm³/mol. The molecule has 33 heavy (non-hydrogen) atoms. The Hall–Kier alpha value is -3.48. The molecule has 2 heterocycles. The maximum Gasteiger partial charge on any atom is 0.272 e. The van der Waals surface area contributed by atoms with Crippen LogP contribution >= 0.6 is 11.6 Å². The highest BCUT2D eigenvalue weighted by atomic mass is 35.5. The first-order chi connectivity index (χ1) is 16.1. The molecule has 4 N–H and O–H groups in total. The van der Waals surface area contributed by atoms with Crippen LogP contribution in [-0.4, -0.2) is 30.0 Å². The Morgan fingerprint density at radius 3 is 2.70 bits per heavy atom. The van der Waals surface area contributed by atoms with Gasteiger partial charge in [-0.15, -0.1) is 0 Å². The van der Waals surface area contributed by atoms with E-state index in [9.17, 15) is 4.79 Å². The van der Waals surface area contributed by atoms with Crippen LogP contribution in [0.25, 0.3) is 10.9 Å². The highest BCUT2D eigenvalue weighted by Gasteiger charge is 2.16. The molecule has 0 aliphatic carbocycles. The number of anilines is 2. The number of fused-ring (bicyclic) bond motifs is 1. The van der Waals surface area contributed by atoms with Gasteiger partial charge in [0, 0.05) is 34.7 Å². The van der Waals surface area contributed by atoms with E-state index >= 15 is 0 Å². The fourth-order valence-corrected chi connectivity index (χ4v) is 4.32. The number of halogens is 1. The number of H-pyrrole nitrogens is 1. The van der Waals surface area contributed by atoms with Crippen LogP contribution in [0.2, 0.25) is 5.02 Å². The summed E-state index contributed by atoms with van der Waals surface area (Å²) in [5.74, 6) is 1.15. The third-order valence-electron chi connectivity index (χ3n) is 5.71. The zero-order valence-corrected chi connectivity index (χ0v) is 18.8. The van der Waals surface area contributed by atoms with Crippen molar-refractivity contribution in [3.63, 3.8) is 0 Å². The number of ether oxygens (including phenoxy) is 1. The summed E-state index contributed by atoms with van der Waals surface area (Å²) in [4.78, 5) is 16.2. The number of carbonyl (C=O) groups is 1. The number of carbonyl (C=O) groups excluding carboxylic acids is 1. The van der Waals surface area contributed by atoms with Crippen LogP contribution in [0.4, 0.5) is 11.4 Å². The lowest BCUT2D eigenvalue weighted by Crippen LogP contribution is -2.29. The minimum absolute atomic E-state index is 0.234. The zero-order chi connectivity index (χ0) is 22.6. The van der Waals surface area contributed by atoms with Crippen molar-refractivity contribution in [2.75, 3.05) is 23.7 Å². The van der Waals surface area contributed by atoms with Crippen molar-refractivity contribution < 1.29 is 9.53 Å². The largest absolute Gasteiger partial charge is 0.457 e. The Balaban J connectivity index is 1.32. The lowest BCUT2D eigenvalue weighted by atomic mass is 10.2. The second kappa shape index (κ2) is 9.57. The fraction of sp³-hybridized carbons (Fsp3) is 0.192. The third kappa shape index (κ3) is 5.13. The molecule has 1 aliphatic heterocycles. The van der Waals surface area contributed by atoms with Gasteiger partial charge in [0.15, 0.2) is 0 Å². The summed E-state index contributed by atoms with van der Waals surface area (Å²) in [6.07, 6.45) is 2.35. The van der Waals surface area contributed by atoms with Gasteiger partial charge >= 0.3 is 0 Å². The van der Waals surface area contributed by atoms with Crippen molar-refractivity contribution >= 4 is 39.8 Å². The molecule has 1 amide bonds. The molecule has 1 atom stereocenters. The first kappa shape index (κ1) is 21.4. The maximum atomic E-state index is 13.0. The van der Waals surface area contributed by atoms with E-state index in [0.29, 0.717) is 28.2 Å². The summed E-state index contributed by atoms with van der Waals surface area (Å²) in [6.45, 7) is 1.87. The molecule has 1 aromatic heterocycles. The van der Waals surface area contributed by atoms with E-state index in [1.807, 2.05) is 66.7 Å². The van der Waals surface area contributed by atoms with Crippen LogP contribution in [0.3, 0.4) is 0 Å². The molecule has 6 nitrogen and oxygen atoms in total. The Kier molecular flexibility index (Phi) is 6.19. The molecule has 0 radical (unpaired) electrons. The van der Waals surface area contributed by atoms with Crippen LogP contribution in [0.15, 0.2) is 72.8 Å². The topological polar surface area (TPSA) is 78.2 Å². The molecule has 1 saturated heterocycles. The van der Waals surface area contributed by atoms with Gasteiger partial charge in [0.25, 0.3) is 5.91 Å². The van der Waals surface area contributed by atoms with Gasteiger partial charge in [-0.1, -0.05) is 35.9 Å². The quantitative estimate of drug-likeness (QED) is 0.271. The number of rotatable bonds is 7. The number of hydrogen-bond donors (Lipinski definition) is 4. The van der Waals surface area contributed by atoms with Crippen LogP contribution in [0.5, 0.6) is 11.5 Å². The van der Waals surface area contributed by atoms with E-state index in [2.05, 4.69) is 20.9 Å². The highest BCUT2D eigenvalue weighted by molar-refractivity contribution is 6.32. The summed E-state index contributed by atoms with van der Waals surface area (Å²) in [6, 6.07) is 22.9. The number of nitrogens with one attached hydrogen (secondary N) is 4. The van der Waals surface area contributed by atoms with E-state index in [0.717, 1.165) is 41.9 Å². The van der Waals surface area contributed by atoms with Gasteiger partial charge in [0.1, 0.15) is 17.2 Å². The third-order valence-corrected chi connectivity index (χ3v) is 5.93. The highest BCUT2D eigenvalue weighted by Crippen LogP contribution is 2.29. The summed E-state index contributed by atoms with van der Waals surface area (Å²) < 4.78 is 5.87. The fourth-order valence-electron chi connectivity index (χ4n) is 4.09. The maximum absolute atomic E-state index is 13.0. The molecule has 5 rings (SSSR count). The number of para-hydroxylation sites is 1. The monoisotopic (exact) mass is 460 g/mol. The van der Waals surface area contributed by atoms with E-state index in [4.69, 9.17) is 16.3 Å². The lowest BCUT2D eigenvalue weighted by molar-refractivity contribution is 0.102. The predicted octanol–water partition coefficient (Wildman–Crippen LogP) is 6.03. The number of aromatic nitrogens is 1. The van der Waals surface area contributed by atoms with Crippen molar-refractivity contribution in [3.05, 3.63) is 83.5 Å². The molecule has 1 fully saturated rings. The first-order valence-electron chi connectivity index (χ1n) is 11.1. The molecule has 0 spiro atoms. The molecule has 1 aliphatic rings. The van der Waals surface area contributed by atoms with Gasteiger partial charge in [0.2, 0.25) is 0 Å². The van der Waals surface area contributed by atoms with Crippen molar-refractivity contribution in [1.29, 1.82) is 0 Å². The zero-order valence-electron chi connectivity index (χ0n) is 18.0. The van der Waals surface area contributed by atoms with E-state index in [1.165, 1.54) is 6.42 Å². The number of aromatic amines is 1. The van der Waals surface area contributed by atoms with E-state index in [1.54, 1.807) is 6.07 Å². The average Bonchev–Trinajstić information content (AvgIpc) is 3.48. The minimum Gasteiger partial charge on any atom is -0.457 e. The molecule has 0 saturated carbocycles. The molecule has 1 unspecified atom stereocenters. The van der Waals surface area contributed by atoms with Crippen molar-refractivity contribution in [1.82, 2.24) is 10.3 Å². The molecular weight excluding hydrogens is 436 g/mol. The molecule has 7 heteroatoms. The van der Waals surface area contributed by atoms with Gasteiger partial charge in [-0.2, -0.15) is 0 Å².